The lowest BCUT2D eigenvalue weighted by atomic mass is 10.1. The Bertz CT molecular complexity index is 580. The SMILES string of the molecule is CN(Cc1coc2ccccc12)C(=O)CC#N. The van der Waals surface area contributed by atoms with Crippen molar-refractivity contribution < 1.29 is 9.21 Å². The summed E-state index contributed by atoms with van der Waals surface area (Å²) in [6.45, 7) is 0.456. The van der Waals surface area contributed by atoms with Crippen molar-refractivity contribution in [3.8, 4) is 6.07 Å². The first-order chi connectivity index (χ1) is 8.22. The largest absolute Gasteiger partial charge is 0.464 e. The molecule has 0 spiro atoms. The fourth-order valence-electron chi connectivity index (χ4n) is 1.70. The third-order valence-corrected chi connectivity index (χ3v) is 2.62. The summed E-state index contributed by atoms with van der Waals surface area (Å²) in [5.74, 6) is -0.183. The van der Waals surface area contributed by atoms with Crippen molar-refractivity contribution in [1.82, 2.24) is 4.90 Å². The van der Waals surface area contributed by atoms with Crippen molar-refractivity contribution in [3.05, 3.63) is 36.1 Å². The van der Waals surface area contributed by atoms with Crippen LogP contribution in [0, 0.1) is 11.3 Å². The van der Waals surface area contributed by atoms with Crippen molar-refractivity contribution in [2.75, 3.05) is 7.05 Å². The molecule has 0 bridgehead atoms. The van der Waals surface area contributed by atoms with Crippen LogP contribution >= 0.6 is 0 Å². The Balaban J connectivity index is 2.19. The van der Waals surface area contributed by atoms with Crippen molar-refractivity contribution in [3.63, 3.8) is 0 Å². The van der Waals surface area contributed by atoms with Crippen LogP contribution in [-0.4, -0.2) is 17.9 Å². The van der Waals surface area contributed by atoms with Gasteiger partial charge in [-0.05, 0) is 6.07 Å². The highest BCUT2D eigenvalue weighted by Crippen LogP contribution is 2.21. The van der Waals surface area contributed by atoms with Gasteiger partial charge >= 0.3 is 0 Å². The Hall–Kier alpha value is -2.28. The topological polar surface area (TPSA) is 57.2 Å². The van der Waals surface area contributed by atoms with Gasteiger partial charge in [0.1, 0.15) is 12.0 Å². The molecule has 2 rings (SSSR count). The molecule has 0 N–H and O–H groups in total. The minimum absolute atomic E-state index is 0.0910. The number of benzene rings is 1. The van der Waals surface area contributed by atoms with Gasteiger partial charge in [0.05, 0.1) is 12.3 Å². The van der Waals surface area contributed by atoms with E-state index in [2.05, 4.69) is 0 Å². The number of hydrogen-bond acceptors (Lipinski definition) is 3. The molecule has 1 heterocycles. The third-order valence-electron chi connectivity index (χ3n) is 2.62. The van der Waals surface area contributed by atoms with Crippen molar-refractivity contribution >= 4 is 16.9 Å². The van der Waals surface area contributed by atoms with Gasteiger partial charge in [0.25, 0.3) is 0 Å². The van der Waals surface area contributed by atoms with Crippen molar-refractivity contribution in [2.45, 2.75) is 13.0 Å². The maximum Gasteiger partial charge on any atom is 0.236 e. The number of amides is 1. The number of nitriles is 1. The summed E-state index contributed by atoms with van der Waals surface area (Å²) in [5.41, 5.74) is 1.76. The molecule has 0 aliphatic carbocycles. The summed E-state index contributed by atoms with van der Waals surface area (Å²) in [4.78, 5) is 13.0. The second-order valence-electron chi connectivity index (χ2n) is 3.84. The summed E-state index contributed by atoms with van der Waals surface area (Å²) in [5, 5.41) is 9.47. The van der Waals surface area contributed by atoms with E-state index in [4.69, 9.17) is 9.68 Å². The lowest BCUT2D eigenvalue weighted by Gasteiger charge is -2.14. The molecule has 0 saturated carbocycles. The Labute approximate surface area is 99.0 Å². The molecule has 1 aromatic carbocycles. The molecule has 4 heteroatoms. The van der Waals surface area contributed by atoms with E-state index in [9.17, 15) is 4.79 Å². The molecule has 0 unspecified atom stereocenters. The molecular weight excluding hydrogens is 216 g/mol. The molecule has 0 fully saturated rings. The summed E-state index contributed by atoms with van der Waals surface area (Å²) >= 11 is 0. The third kappa shape index (κ3) is 2.28. The van der Waals surface area contributed by atoms with Gasteiger partial charge in [0, 0.05) is 24.5 Å². The highest BCUT2D eigenvalue weighted by Gasteiger charge is 2.12. The fraction of sp³-hybridized carbons (Fsp3) is 0.231. The minimum atomic E-state index is -0.183. The highest BCUT2D eigenvalue weighted by molar-refractivity contribution is 5.82. The van der Waals surface area contributed by atoms with Crippen LogP contribution in [0.5, 0.6) is 0 Å². The zero-order valence-electron chi connectivity index (χ0n) is 9.51. The standard InChI is InChI=1S/C13H12N2O2/c1-15(13(16)6-7-14)8-10-9-17-12-5-3-2-4-11(10)12/h2-5,9H,6,8H2,1H3. The first-order valence-corrected chi connectivity index (χ1v) is 5.28. The average Bonchev–Trinajstić information content (AvgIpc) is 2.73. The van der Waals surface area contributed by atoms with E-state index in [0.717, 1.165) is 16.5 Å². The predicted molar refractivity (Wildman–Crippen MR) is 62.9 cm³/mol. The Morgan fingerprint density at radius 2 is 2.24 bits per heavy atom. The van der Waals surface area contributed by atoms with Gasteiger partial charge in [-0.3, -0.25) is 4.79 Å². The van der Waals surface area contributed by atoms with E-state index >= 15 is 0 Å². The summed E-state index contributed by atoms with van der Waals surface area (Å²) in [6, 6.07) is 9.52. The van der Waals surface area contributed by atoms with Gasteiger partial charge in [0.2, 0.25) is 5.91 Å². The zero-order valence-corrected chi connectivity index (χ0v) is 9.51. The van der Waals surface area contributed by atoms with Crippen molar-refractivity contribution in [1.29, 1.82) is 5.26 Å². The van der Waals surface area contributed by atoms with Crippen LogP contribution in [0.1, 0.15) is 12.0 Å². The van der Waals surface area contributed by atoms with Crippen LogP contribution in [0.25, 0.3) is 11.0 Å². The van der Waals surface area contributed by atoms with Crippen molar-refractivity contribution in [2.24, 2.45) is 0 Å². The van der Waals surface area contributed by atoms with Gasteiger partial charge in [-0.1, -0.05) is 18.2 Å². The number of rotatable bonds is 3. The molecule has 4 nitrogen and oxygen atoms in total. The maximum absolute atomic E-state index is 11.5. The van der Waals surface area contributed by atoms with E-state index in [0.29, 0.717) is 6.54 Å². The van der Waals surface area contributed by atoms with Crippen LogP contribution < -0.4 is 0 Å². The molecule has 0 radical (unpaired) electrons. The highest BCUT2D eigenvalue weighted by atomic mass is 16.3. The van der Waals surface area contributed by atoms with Crippen LogP contribution in [0.2, 0.25) is 0 Å². The van der Waals surface area contributed by atoms with Crippen LogP contribution in [0.15, 0.2) is 34.9 Å². The molecule has 86 valence electrons. The quantitative estimate of drug-likeness (QED) is 0.809. The average molecular weight is 228 g/mol. The molecule has 0 atom stereocenters. The first kappa shape index (κ1) is 11.2. The molecule has 1 aromatic heterocycles. The van der Waals surface area contributed by atoms with Crippen LogP contribution in [0.3, 0.4) is 0 Å². The fourth-order valence-corrected chi connectivity index (χ4v) is 1.70. The smallest absolute Gasteiger partial charge is 0.236 e. The van der Waals surface area contributed by atoms with Crippen LogP contribution in [0.4, 0.5) is 0 Å². The molecule has 1 amide bonds. The van der Waals surface area contributed by atoms with E-state index in [1.165, 1.54) is 4.90 Å². The van der Waals surface area contributed by atoms with E-state index in [1.54, 1.807) is 13.3 Å². The molecule has 0 aliphatic heterocycles. The van der Waals surface area contributed by atoms with Gasteiger partial charge in [-0.15, -0.1) is 0 Å². The number of para-hydroxylation sites is 1. The zero-order chi connectivity index (χ0) is 12.3. The van der Waals surface area contributed by atoms with E-state index < -0.39 is 0 Å². The normalized spacial score (nSPS) is 10.1. The van der Waals surface area contributed by atoms with Gasteiger partial charge in [-0.25, -0.2) is 0 Å². The Morgan fingerprint density at radius 1 is 1.47 bits per heavy atom. The molecular formula is C13H12N2O2. The first-order valence-electron chi connectivity index (χ1n) is 5.28. The van der Waals surface area contributed by atoms with Gasteiger partial charge < -0.3 is 9.32 Å². The lowest BCUT2D eigenvalue weighted by Crippen LogP contribution is -2.25. The van der Waals surface area contributed by atoms with Gasteiger partial charge in [-0.2, -0.15) is 5.26 Å². The summed E-state index contributed by atoms with van der Waals surface area (Å²) in [7, 11) is 1.68. The summed E-state index contributed by atoms with van der Waals surface area (Å²) < 4.78 is 5.39. The number of furan rings is 1. The number of carbonyl (C=O) groups excluding carboxylic acids is 1. The number of fused-ring (bicyclic) bond motifs is 1. The minimum Gasteiger partial charge on any atom is -0.464 e. The number of hydrogen-bond donors (Lipinski definition) is 0. The maximum atomic E-state index is 11.5. The molecule has 2 aromatic rings. The molecule has 17 heavy (non-hydrogen) atoms. The Morgan fingerprint density at radius 3 is 3.00 bits per heavy atom. The number of nitrogens with zero attached hydrogens (tertiary/aromatic N) is 2. The van der Waals surface area contributed by atoms with Gasteiger partial charge in [0.15, 0.2) is 0 Å². The second kappa shape index (κ2) is 4.71. The van der Waals surface area contributed by atoms with E-state index in [-0.39, 0.29) is 12.3 Å². The molecule has 0 aliphatic rings. The predicted octanol–water partition coefficient (Wildman–Crippen LogP) is 2.30. The van der Waals surface area contributed by atoms with E-state index in [1.807, 2.05) is 30.3 Å². The Kier molecular flexibility index (Phi) is 3.10. The molecule has 0 saturated heterocycles. The second-order valence-corrected chi connectivity index (χ2v) is 3.84. The van der Waals surface area contributed by atoms with Crippen LogP contribution in [-0.2, 0) is 11.3 Å². The number of carbonyl (C=O) groups is 1. The lowest BCUT2D eigenvalue weighted by molar-refractivity contribution is -0.129. The summed E-state index contributed by atoms with van der Waals surface area (Å²) in [6.07, 6.45) is 1.56. The monoisotopic (exact) mass is 228 g/mol.